The van der Waals surface area contributed by atoms with Crippen LogP contribution in [0.3, 0.4) is 0 Å². The van der Waals surface area contributed by atoms with Crippen LogP contribution in [0, 0.1) is 11.3 Å². The van der Waals surface area contributed by atoms with Gasteiger partial charge in [-0.05, 0) is 24.6 Å². The minimum atomic E-state index is -0.425. The van der Waals surface area contributed by atoms with Crippen molar-refractivity contribution in [1.82, 2.24) is 5.32 Å². The molecular formula is C14H17ClN4O2. The summed E-state index contributed by atoms with van der Waals surface area (Å²) in [5, 5.41) is 16.8. The molecule has 112 valence electrons. The van der Waals surface area contributed by atoms with E-state index >= 15 is 0 Å². The highest BCUT2D eigenvalue weighted by Gasteiger charge is 2.11. The highest BCUT2D eigenvalue weighted by molar-refractivity contribution is 6.34. The van der Waals surface area contributed by atoms with Crippen LogP contribution in [0.2, 0.25) is 5.02 Å². The molecule has 6 nitrogen and oxygen atoms in total. The largest absolute Gasteiger partial charge is 0.334 e. The van der Waals surface area contributed by atoms with Crippen molar-refractivity contribution in [3.8, 4) is 6.07 Å². The smallest absolute Gasteiger partial charge is 0.319 e. The predicted molar refractivity (Wildman–Crippen MR) is 82.2 cm³/mol. The van der Waals surface area contributed by atoms with Crippen molar-refractivity contribution in [2.45, 2.75) is 32.7 Å². The molecule has 0 saturated carbocycles. The maximum atomic E-state index is 11.8. The van der Waals surface area contributed by atoms with E-state index in [0.29, 0.717) is 22.8 Å². The SMILES string of the molecule is CC[C@H](CC#N)NC(=O)Nc1ccc(NC(C)=O)cc1Cl. The van der Waals surface area contributed by atoms with Gasteiger partial charge in [0.15, 0.2) is 0 Å². The van der Waals surface area contributed by atoms with Crippen LogP contribution in [0.15, 0.2) is 18.2 Å². The van der Waals surface area contributed by atoms with E-state index in [1.165, 1.54) is 6.92 Å². The van der Waals surface area contributed by atoms with E-state index in [4.69, 9.17) is 16.9 Å². The van der Waals surface area contributed by atoms with Crippen molar-refractivity contribution in [2.75, 3.05) is 10.6 Å². The first kappa shape index (κ1) is 16.8. The monoisotopic (exact) mass is 308 g/mol. The molecule has 7 heteroatoms. The zero-order valence-corrected chi connectivity index (χ0v) is 12.6. The number of carbonyl (C=O) groups is 2. The van der Waals surface area contributed by atoms with Crippen molar-refractivity contribution >= 4 is 34.9 Å². The number of rotatable bonds is 5. The number of amides is 3. The summed E-state index contributed by atoms with van der Waals surface area (Å²) in [4.78, 5) is 22.8. The Morgan fingerprint density at radius 2 is 2.10 bits per heavy atom. The van der Waals surface area contributed by atoms with Gasteiger partial charge in [-0.15, -0.1) is 0 Å². The fraction of sp³-hybridized carbons (Fsp3) is 0.357. The first-order chi connectivity index (χ1) is 9.96. The molecule has 3 amide bonds. The lowest BCUT2D eigenvalue weighted by atomic mass is 10.2. The van der Waals surface area contributed by atoms with Crippen molar-refractivity contribution < 1.29 is 9.59 Å². The molecule has 0 aliphatic rings. The minimum absolute atomic E-state index is 0.201. The van der Waals surface area contributed by atoms with Gasteiger partial charge < -0.3 is 16.0 Å². The summed E-state index contributed by atoms with van der Waals surface area (Å²) in [6, 6.07) is 6.17. The van der Waals surface area contributed by atoms with E-state index in [9.17, 15) is 9.59 Å². The topological polar surface area (TPSA) is 94.0 Å². The van der Waals surface area contributed by atoms with E-state index in [2.05, 4.69) is 16.0 Å². The van der Waals surface area contributed by atoms with Crippen LogP contribution in [0.1, 0.15) is 26.7 Å². The van der Waals surface area contributed by atoms with Gasteiger partial charge in [-0.2, -0.15) is 5.26 Å². The minimum Gasteiger partial charge on any atom is -0.334 e. The molecule has 0 radical (unpaired) electrons. The summed E-state index contributed by atoms with van der Waals surface area (Å²) in [7, 11) is 0. The lowest BCUT2D eigenvalue weighted by Crippen LogP contribution is -2.37. The number of halogens is 1. The van der Waals surface area contributed by atoms with E-state index in [-0.39, 0.29) is 18.4 Å². The number of carbonyl (C=O) groups excluding carboxylic acids is 2. The summed E-state index contributed by atoms with van der Waals surface area (Å²) in [5.74, 6) is -0.202. The standard InChI is InChI=1S/C14H17ClN4O2/c1-3-10(6-7-16)18-14(21)19-13-5-4-11(8-12(13)15)17-9(2)20/h4-5,8,10H,3,6H2,1-2H3,(H,17,20)(H2,18,19,21)/t10-/m1/s1. The molecule has 21 heavy (non-hydrogen) atoms. The second-order valence-corrected chi connectivity index (χ2v) is 4.85. The Morgan fingerprint density at radius 1 is 1.38 bits per heavy atom. The van der Waals surface area contributed by atoms with Gasteiger partial charge in [0.05, 0.1) is 23.2 Å². The number of anilines is 2. The van der Waals surface area contributed by atoms with Crippen LogP contribution in [0.5, 0.6) is 0 Å². The molecule has 0 spiro atoms. The molecule has 3 N–H and O–H groups in total. The maximum Gasteiger partial charge on any atom is 0.319 e. The van der Waals surface area contributed by atoms with Crippen molar-refractivity contribution in [1.29, 1.82) is 5.26 Å². The first-order valence-electron chi connectivity index (χ1n) is 6.47. The van der Waals surface area contributed by atoms with E-state index in [1.54, 1.807) is 18.2 Å². The van der Waals surface area contributed by atoms with Crippen molar-refractivity contribution in [3.05, 3.63) is 23.2 Å². The number of nitrogens with one attached hydrogen (secondary N) is 3. The number of hydrogen-bond acceptors (Lipinski definition) is 3. The molecule has 1 aromatic rings. The Balaban J connectivity index is 2.68. The molecule has 1 aromatic carbocycles. The van der Waals surface area contributed by atoms with Crippen molar-refractivity contribution in [3.63, 3.8) is 0 Å². The Kier molecular flexibility index (Phi) is 6.50. The molecule has 0 heterocycles. The molecule has 1 atom stereocenters. The Bertz CT molecular complexity index is 569. The van der Waals surface area contributed by atoms with Crippen LogP contribution in [0.4, 0.5) is 16.2 Å². The summed E-state index contributed by atoms with van der Waals surface area (Å²) in [5.41, 5.74) is 0.976. The number of benzene rings is 1. The van der Waals surface area contributed by atoms with Gasteiger partial charge >= 0.3 is 6.03 Å². The lowest BCUT2D eigenvalue weighted by molar-refractivity contribution is -0.114. The average molecular weight is 309 g/mol. The third kappa shape index (κ3) is 5.71. The van der Waals surface area contributed by atoms with Gasteiger partial charge in [0.25, 0.3) is 0 Å². The fourth-order valence-electron chi connectivity index (χ4n) is 1.65. The van der Waals surface area contributed by atoms with E-state index in [1.807, 2.05) is 13.0 Å². The zero-order chi connectivity index (χ0) is 15.8. The van der Waals surface area contributed by atoms with Crippen LogP contribution in [0.25, 0.3) is 0 Å². The Hall–Kier alpha value is -2.26. The van der Waals surface area contributed by atoms with Gasteiger partial charge in [0.1, 0.15) is 0 Å². The third-order valence-electron chi connectivity index (χ3n) is 2.70. The summed E-state index contributed by atoms with van der Waals surface area (Å²) in [6.45, 7) is 3.28. The van der Waals surface area contributed by atoms with Gasteiger partial charge in [-0.25, -0.2) is 4.79 Å². The number of nitrogens with zero attached hydrogens (tertiary/aromatic N) is 1. The second-order valence-electron chi connectivity index (χ2n) is 4.44. The molecule has 0 aliphatic heterocycles. The van der Waals surface area contributed by atoms with Crippen LogP contribution in [-0.2, 0) is 4.79 Å². The fourth-order valence-corrected chi connectivity index (χ4v) is 1.88. The predicted octanol–water partition coefficient (Wildman–Crippen LogP) is 3.11. The molecule has 1 rings (SSSR count). The maximum absolute atomic E-state index is 11.8. The Morgan fingerprint density at radius 3 is 2.62 bits per heavy atom. The van der Waals surface area contributed by atoms with Crippen LogP contribution >= 0.6 is 11.6 Å². The molecular weight excluding hydrogens is 292 g/mol. The van der Waals surface area contributed by atoms with Gasteiger partial charge in [-0.1, -0.05) is 18.5 Å². The molecule has 0 saturated heterocycles. The highest BCUT2D eigenvalue weighted by Crippen LogP contribution is 2.25. The van der Waals surface area contributed by atoms with Gasteiger partial charge in [-0.3, -0.25) is 4.79 Å². The highest BCUT2D eigenvalue weighted by atomic mass is 35.5. The van der Waals surface area contributed by atoms with Crippen LogP contribution < -0.4 is 16.0 Å². The normalized spacial score (nSPS) is 11.1. The average Bonchev–Trinajstić information content (AvgIpc) is 2.40. The van der Waals surface area contributed by atoms with Crippen molar-refractivity contribution in [2.24, 2.45) is 0 Å². The molecule has 0 fully saturated rings. The second kappa shape index (κ2) is 8.12. The number of urea groups is 1. The van der Waals surface area contributed by atoms with Gasteiger partial charge in [0.2, 0.25) is 5.91 Å². The summed E-state index contributed by atoms with van der Waals surface area (Å²) in [6.07, 6.45) is 0.912. The molecule has 0 aliphatic carbocycles. The van der Waals surface area contributed by atoms with Crippen LogP contribution in [-0.4, -0.2) is 18.0 Å². The van der Waals surface area contributed by atoms with E-state index in [0.717, 1.165) is 0 Å². The first-order valence-corrected chi connectivity index (χ1v) is 6.85. The summed E-state index contributed by atoms with van der Waals surface area (Å²) >= 11 is 6.04. The molecule has 0 bridgehead atoms. The lowest BCUT2D eigenvalue weighted by Gasteiger charge is -2.15. The molecule has 0 aromatic heterocycles. The quantitative estimate of drug-likeness (QED) is 0.780. The summed E-state index contributed by atoms with van der Waals surface area (Å²) < 4.78 is 0. The molecule has 0 unspecified atom stereocenters. The third-order valence-corrected chi connectivity index (χ3v) is 3.02. The number of hydrogen-bond donors (Lipinski definition) is 3. The Labute approximate surface area is 128 Å². The van der Waals surface area contributed by atoms with E-state index < -0.39 is 6.03 Å². The van der Waals surface area contributed by atoms with Gasteiger partial charge in [0, 0.05) is 18.7 Å². The number of nitriles is 1. The zero-order valence-electron chi connectivity index (χ0n) is 11.9.